The van der Waals surface area contributed by atoms with Crippen LogP contribution < -0.4 is 0 Å². The summed E-state index contributed by atoms with van der Waals surface area (Å²) in [6.45, 7) is 3.53. The SMILES string of the molecule is CCOC(=O)C(=[N+]=[N-])C(C=O)CC. The first-order valence-electron chi connectivity index (χ1n) is 4.05. The molecule has 0 bridgehead atoms. The number of aldehydes is 1. The average molecular weight is 184 g/mol. The molecular weight excluding hydrogens is 172 g/mol. The van der Waals surface area contributed by atoms with Gasteiger partial charge in [0.2, 0.25) is 0 Å². The summed E-state index contributed by atoms with van der Waals surface area (Å²) in [6.07, 6.45) is 0.966. The van der Waals surface area contributed by atoms with Crippen molar-refractivity contribution in [1.29, 1.82) is 0 Å². The number of rotatable bonds is 5. The van der Waals surface area contributed by atoms with Gasteiger partial charge in [-0.2, -0.15) is 4.79 Å². The Hall–Kier alpha value is -1.48. The van der Waals surface area contributed by atoms with E-state index in [1.54, 1.807) is 13.8 Å². The Balaban J connectivity index is 4.60. The van der Waals surface area contributed by atoms with Crippen LogP contribution in [0.4, 0.5) is 0 Å². The monoisotopic (exact) mass is 184 g/mol. The molecule has 0 aliphatic rings. The highest BCUT2D eigenvalue weighted by Crippen LogP contribution is 2.01. The normalized spacial score (nSPS) is 11.2. The Labute approximate surface area is 76.3 Å². The van der Waals surface area contributed by atoms with Gasteiger partial charge >= 0.3 is 11.7 Å². The number of ether oxygens (including phenoxy) is 1. The second-order valence-corrected chi connectivity index (χ2v) is 2.36. The maximum Gasteiger partial charge on any atom is 0.417 e. The summed E-state index contributed by atoms with van der Waals surface area (Å²) < 4.78 is 4.59. The Bertz CT molecular complexity index is 244. The zero-order chi connectivity index (χ0) is 10.3. The number of hydrogen-bond donors (Lipinski definition) is 0. The second-order valence-electron chi connectivity index (χ2n) is 2.36. The van der Waals surface area contributed by atoms with Crippen LogP contribution in [-0.4, -0.2) is 29.4 Å². The van der Waals surface area contributed by atoms with Crippen molar-refractivity contribution in [1.82, 2.24) is 0 Å². The van der Waals surface area contributed by atoms with Gasteiger partial charge in [-0.1, -0.05) is 6.92 Å². The minimum Gasteiger partial charge on any atom is -0.457 e. The molecule has 1 unspecified atom stereocenters. The fourth-order valence-electron chi connectivity index (χ4n) is 0.825. The van der Waals surface area contributed by atoms with Crippen molar-refractivity contribution in [3.8, 4) is 0 Å². The molecule has 72 valence electrons. The van der Waals surface area contributed by atoms with Crippen molar-refractivity contribution in [2.45, 2.75) is 20.3 Å². The van der Waals surface area contributed by atoms with Crippen molar-refractivity contribution in [3.63, 3.8) is 0 Å². The maximum absolute atomic E-state index is 11.1. The predicted molar refractivity (Wildman–Crippen MR) is 45.1 cm³/mol. The van der Waals surface area contributed by atoms with E-state index in [4.69, 9.17) is 5.53 Å². The Morgan fingerprint density at radius 3 is 2.54 bits per heavy atom. The molecule has 0 saturated heterocycles. The van der Waals surface area contributed by atoms with Crippen LogP contribution in [0.1, 0.15) is 20.3 Å². The third-order valence-electron chi connectivity index (χ3n) is 1.55. The third kappa shape index (κ3) is 3.17. The second kappa shape index (κ2) is 6.08. The fraction of sp³-hybridized carbons (Fsp3) is 0.625. The molecule has 0 aliphatic heterocycles. The van der Waals surface area contributed by atoms with E-state index in [0.717, 1.165) is 0 Å². The van der Waals surface area contributed by atoms with Gasteiger partial charge in [-0.15, -0.1) is 0 Å². The van der Waals surface area contributed by atoms with Crippen LogP contribution in [0, 0.1) is 5.92 Å². The van der Waals surface area contributed by atoms with Gasteiger partial charge in [-0.25, -0.2) is 4.79 Å². The number of nitrogens with zero attached hydrogens (tertiary/aromatic N) is 2. The first kappa shape index (κ1) is 11.5. The fourth-order valence-corrected chi connectivity index (χ4v) is 0.825. The summed E-state index contributed by atoms with van der Waals surface area (Å²) in [7, 11) is 0. The lowest BCUT2D eigenvalue weighted by molar-refractivity contribution is -0.141. The highest BCUT2D eigenvalue weighted by molar-refractivity contribution is 6.37. The molecule has 5 heteroatoms. The molecule has 0 radical (unpaired) electrons. The molecular formula is C8H12N2O3. The number of esters is 1. The molecule has 0 fully saturated rings. The molecule has 0 saturated carbocycles. The predicted octanol–water partition coefficient (Wildman–Crippen LogP) is 0.445. The van der Waals surface area contributed by atoms with Crippen molar-refractivity contribution in [2.24, 2.45) is 5.92 Å². The van der Waals surface area contributed by atoms with Gasteiger partial charge in [0, 0.05) is 0 Å². The van der Waals surface area contributed by atoms with Gasteiger partial charge in [0.1, 0.15) is 12.2 Å². The van der Waals surface area contributed by atoms with Crippen molar-refractivity contribution in [2.75, 3.05) is 6.61 Å². The van der Waals surface area contributed by atoms with Crippen LogP contribution in [0.2, 0.25) is 0 Å². The van der Waals surface area contributed by atoms with Gasteiger partial charge < -0.3 is 15.1 Å². The molecule has 1 atom stereocenters. The van der Waals surface area contributed by atoms with Crippen molar-refractivity contribution < 1.29 is 19.1 Å². The molecule has 0 heterocycles. The van der Waals surface area contributed by atoms with Gasteiger partial charge in [0.05, 0.1) is 6.61 Å². The van der Waals surface area contributed by atoms with Crippen LogP contribution in [0.5, 0.6) is 0 Å². The Morgan fingerprint density at radius 2 is 2.23 bits per heavy atom. The van der Waals surface area contributed by atoms with Crippen molar-refractivity contribution in [3.05, 3.63) is 5.53 Å². The zero-order valence-corrected chi connectivity index (χ0v) is 7.69. The zero-order valence-electron chi connectivity index (χ0n) is 7.69. The Morgan fingerprint density at radius 1 is 1.62 bits per heavy atom. The van der Waals surface area contributed by atoms with E-state index in [9.17, 15) is 9.59 Å². The molecule has 0 aromatic carbocycles. The van der Waals surface area contributed by atoms with Crippen LogP contribution in [0.3, 0.4) is 0 Å². The van der Waals surface area contributed by atoms with Crippen LogP contribution >= 0.6 is 0 Å². The quantitative estimate of drug-likeness (QED) is 0.204. The van der Waals surface area contributed by atoms with E-state index in [2.05, 4.69) is 9.53 Å². The molecule has 0 aliphatic carbocycles. The lowest BCUT2D eigenvalue weighted by atomic mass is 10.0. The molecule has 0 amide bonds. The largest absolute Gasteiger partial charge is 0.457 e. The van der Waals surface area contributed by atoms with Crippen LogP contribution in [0.25, 0.3) is 5.53 Å². The summed E-state index contributed by atoms with van der Waals surface area (Å²) in [4.78, 5) is 24.3. The summed E-state index contributed by atoms with van der Waals surface area (Å²) in [5.74, 6) is -1.44. The van der Waals surface area contributed by atoms with Gasteiger partial charge in [-0.3, -0.25) is 0 Å². The lowest BCUT2D eigenvalue weighted by Crippen LogP contribution is -2.27. The molecule has 0 N–H and O–H groups in total. The summed E-state index contributed by atoms with van der Waals surface area (Å²) >= 11 is 0. The maximum atomic E-state index is 11.1. The highest BCUT2D eigenvalue weighted by Gasteiger charge is 2.30. The topological polar surface area (TPSA) is 79.8 Å². The molecule has 0 spiro atoms. The van der Waals surface area contributed by atoms with Crippen LogP contribution in [0.15, 0.2) is 0 Å². The van der Waals surface area contributed by atoms with E-state index >= 15 is 0 Å². The number of carbonyl (C=O) groups is 2. The van der Waals surface area contributed by atoms with E-state index in [1.807, 2.05) is 0 Å². The van der Waals surface area contributed by atoms with Crippen molar-refractivity contribution >= 4 is 18.0 Å². The van der Waals surface area contributed by atoms with Crippen LogP contribution in [-0.2, 0) is 14.3 Å². The van der Waals surface area contributed by atoms with E-state index in [-0.39, 0.29) is 12.3 Å². The summed E-state index contributed by atoms with van der Waals surface area (Å²) in [6, 6.07) is 0. The highest BCUT2D eigenvalue weighted by atomic mass is 16.5. The summed E-state index contributed by atoms with van der Waals surface area (Å²) in [5.41, 5.74) is 8.25. The van der Waals surface area contributed by atoms with Gasteiger partial charge in [0.25, 0.3) is 0 Å². The number of hydrogen-bond acceptors (Lipinski definition) is 3. The van der Waals surface area contributed by atoms with E-state index < -0.39 is 11.9 Å². The van der Waals surface area contributed by atoms with E-state index in [0.29, 0.717) is 12.7 Å². The molecule has 0 aromatic heterocycles. The minimum atomic E-state index is -0.746. The minimum absolute atomic E-state index is 0.188. The smallest absolute Gasteiger partial charge is 0.417 e. The first-order valence-corrected chi connectivity index (χ1v) is 4.05. The first-order chi connectivity index (χ1) is 6.21. The lowest BCUT2D eigenvalue weighted by Gasteiger charge is -2.00. The average Bonchev–Trinajstić information content (AvgIpc) is 2.14. The molecule has 0 rings (SSSR count). The van der Waals surface area contributed by atoms with Gasteiger partial charge in [0.15, 0.2) is 0 Å². The molecule has 13 heavy (non-hydrogen) atoms. The number of carbonyl (C=O) groups excluding carboxylic acids is 2. The van der Waals surface area contributed by atoms with Gasteiger partial charge in [-0.05, 0) is 13.3 Å². The van der Waals surface area contributed by atoms with E-state index in [1.165, 1.54) is 0 Å². The third-order valence-corrected chi connectivity index (χ3v) is 1.55. The standard InChI is InChI=1S/C8H12N2O3/c1-3-6(5-11)7(10-9)8(12)13-4-2/h5-6H,3-4H2,1-2H3. The summed E-state index contributed by atoms with van der Waals surface area (Å²) in [5, 5.41) is 0. The molecule has 0 aromatic rings. The molecule has 5 nitrogen and oxygen atoms in total. The Kier molecular flexibility index (Phi) is 5.39.